The first kappa shape index (κ1) is 20.5. The molecule has 3 atom stereocenters. The average Bonchev–Trinajstić information content (AvgIpc) is 2.74. The van der Waals surface area contributed by atoms with Gasteiger partial charge in [-0.3, -0.25) is 4.79 Å². The fourth-order valence-corrected chi connectivity index (χ4v) is 4.11. The zero-order chi connectivity index (χ0) is 21.3. The molecule has 1 fully saturated rings. The van der Waals surface area contributed by atoms with Crippen LogP contribution < -0.4 is 4.74 Å². The zero-order valence-corrected chi connectivity index (χ0v) is 17.6. The molecule has 156 valence electrons. The van der Waals surface area contributed by atoms with Crippen LogP contribution in [0, 0.1) is 19.8 Å². The van der Waals surface area contributed by atoms with E-state index in [0.29, 0.717) is 35.6 Å². The molecule has 1 aliphatic heterocycles. The first-order chi connectivity index (χ1) is 14.4. The molecule has 0 radical (unpaired) electrons. The minimum Gasteiger partial charge on any atom is -0.493 e. The number of hydrogen-bond donors (Lipinski definition) is 0. The van der Waals surface area contributed by atoms with Crippen LogP contribution in [0.2, 0.25) is 5.02 Å². The van der Waals surface area contributed by atoms with E-state index < -0.39 is 0 Å². The SMILES string of the molecule is Cc1cc(OC2=COC3CC(OC(=O)c4ccccc4)CCC3C2=O)cc(C)c1Cl. The number of rotatable bonds is 4. The number of benzene rings is 2. The molecular formula is C24H23ClO5. The summed E-state index contributed by atoms with van der Waals surface area (Å²) in [5, 5.41) is 0.686. The molecule has 30 heavy (non-hydrogen) atoms. The number of carbonyl (C=O) groups excluding carboxylic acids is 2. The molecule has 4 rings (SSSR count). The summed E-state index contributed by atoms with van der Waals surface area (Å²) in [5.74, 6) is 0.0170. The number of halogens is 1. The molecule has 1 aliphatic carbocycles. The van der Waals surface area contributed by atoms with Crippen molar-refractivity contribution in [1.29, 1.82) is 0 Å². The smallest absolute Gasteiger partial charge is 0.338 e. The maximum Gasteiger partial charge on any atom is 0.338 e. The number of ether oxygens (including phenoxy) is 3. The van der Waals surface area contributed by atoms with Crippen LogP contribution in [0.25, 0.3) is 0 Å². The number of allylic oxidation sites excluding steroid dienone is 1. The van der Waals surface area contributed by atoms with Gasteiger partial charge in [-0.05, 0) is 62.1 Å². The first-order valence-electron chi connectivity index (χ1n) is 10.0. The fraction of sp³-hybridized carbons (Fsp3) is 0.333. The summed E-state index contributed by atoms with van der Waals surface area (Å²) in [7, 11) is 0. The van der Waals surface area contributed by atoms with E-state index >= 15 is 0 Å². The normalized spacial score (nSPS) is 23.1. The Labute approximate surface area is 180 Å². The van der Waals surface area contributed by atoms with Crippen LogP contribution in [-0.4, -0.2) is 24.0 Å². The fourth-order valence-electron chi connectivity index (χ4n) is 4.00. The number of Topliss-reactive ketones (excluding diaryl/α,β-unsaturated/α-hetero) is 1. The molecule has 0 N–H and O–H groups in total. The topological polar surface area (TPSA) is 61.8 Å². The number of ketones is 1. The summed E-state index contributed by atoms with van der Waals surface area (Å²) in [4.78, 5) is 25.2. The van der Waals surface area contributed by atoms with Gasteiger partial charge in [0.25, 0.3) is 0 Å². The molecular weight excluding hydrogens is 404 g/mol. The summed E-state index contributed by atoms with van der Waals surface area (Å²) < 4.78 is 17.3. The van der Waals surface area contributed by atoms with Crippen molar-refractivity contribution < 1.29 is 23.8 Å². The Balaban J connectivity index is 1.41. The van der Waals surface area contributed by atoms with E-state index in [1.807, 2.05) is 19.9 Å². The summed E-state index contributed by atoms with van der Waals surface area (Å²) >= 11 is 6.20. The third-order valence-electron chi connectivity index (χ3n) is 5.59. The van der Waals surface area contributed by atoms with Gasteiger partial charge in [0.05, 0.1) is 11.5 Å². The van der Waals surface area contributed by atoms with E-state index in [2.05, 4.69) is 0 Å². The van der Waals surface area contributed by atoms with Gasteiger partial charge in [-0.1, -0.05) is 29.8 Å². The minimum atomic E-state index is -0.353. The van der Waals surface area contributed by atoms with E-state index in [9.17, 15) is 9.59 Å². The Morgan fingerprint density at radius 3 is 2.50 bits per heavy atom. The van der Waals surface area contributed by atoms with Gasteiger partial charge in [0.2, 0.25) is 11.5 Å². The average molecular weight is 427 g/mol. The van der Waals surface area contributed by atoms with Crippen molar-refractivity contribution in [3.8, 4) is 5.75 Å². The van der Waals surface area contributed by atoms with Crippen molar-refractivity contribution in [2.24, 2.45) is 5.92 Å². The predicted molar refractivity (Wildman–Crippen MR) is 113 cm³/mol. The van der Waals surface area contributed by atoms with Crippen LogP contribution >= 0.6 is 11.6 Å². The van der Waals surface area contributed by atoms with Gasteiger partial charge in [-0.25, -0.2) is 4.79 Å². The van der Waals surface area contributed by atoms with E-state index in [4.69, 9.17) is 25.8 Å². The highest BCUT2D eigenvalue weighted by Gasteiger charge is 2.42. The van der Waals surface area contributed by atoms with Crippen LogP contribution in [0.1, 0.15) is 40.7 Å². The van der Waals surface area contributed by atoms with E-state index in [0.717, 1.165) is 11.1 Å². The largest absolute Gasteiger partial charge is 0.493 e. The van der Waals surface area contributed by atoms with Gasteiger partial charge in [0, 0.05) is 11.4 Å². The minimum absolute atomic E-state index is 0.0793. The molecule has 2 aromatic carbocycles. The Morgan fingerprint density at radius 2 is 1.80 bits per heavy atom. The van der Waals surface area contributed by atoms with Crippen molar-refractivity contribution in [3.05, 3.63) is 76.2 Å². The molecule has 0 saturated heterocycles. The predicted octanol–water partition coefficient (Wildman–Crippen LogP) is 5.17. The van der Waals surface area contributed by atoms with Crippen LogP contribution in [0.4, 0.5) is 0 Å². The van der Waals surface area contributed by atoms with Crippen LogP contribution in [0.15, 0.2) is 54.5 Å². The first-order valence-corrected chi connectivity index (χ1v) is 10.4. The van der Waals surface area contributed by atoms with Crippen LogP contribution in [0.5, 0.6) is 5.75 Å². The lowest BCUT2D eigenvalue weighted by molar-refractivity contribution is -0.132. The molecule has 0 bridgehead atoms. The standard InChI is InChI=1S/C24H23ClO5/c1-14-10-18(11-15(2)22(14)25)29-21-13-28-20-12-17(8-9-19(20)23(21)26)30-24(27)16-6-4-3-5-7-16/h3-7,10-11,13,17,19-20H,8-9,12H2,1-2H3. The molecule has 3 unspecified atom stereocenters. The van der Waals surface area contributed by atoms with Crippen molar-refractivity contribution in [2.45, 2.75) is 45.3 Å². The Kier molecular flexibility index (Phi) is 5.82. The Morgan fingerprint density at radius 1 is 1.10 bits per heavy atom. The molecule has 1 heterocycles. The monoisotopic (exact) mass is 426 g/mol. The van der Waals surface area contributed by atoms with Crippen molar-refractivity contribution >= 4 is 23.4 Å². The lowest BCUT2D eigenvalue weighted by atomic mass is 9.80. The number of carbonyl (C=O) groups is 2. The third kappa shape index (κ3) is 4.21. The Bertz CT molecular complexity index is 975. The molecule has 1 saturated carbocycles. The molecule has 5 nitrogen and oxygen atoms in total. The molecule has 2 aliphatic rings. The van der Waals surface area contributed by atoms with Crippen molar-refractivity contribution in [3.63, 3.8) is 0 Å². The molecule has 0 amide bonds. The summed E-state index contributed by atoms with van der Waals surface area (Å²) in [5.41, 5.74) is 2.29. The summed E-state index contributed by atoms with van der Waals surface area (Å²) in [6.07, 6.45) is 2.46. The van der Waals surface area contributed by atoms with E-state index in [1.54, 1.807) is 36.4 Å². The van der Waals surface area contributed by atoms with Crippen LogP contribution in [-0.2, 0) is 14.3 Å². The number of aryl methyl sites for hydroxylation is 2. The maximum absolute atomic E-state index is 12.9. The van der Waals surface area contributed by atoms with Crippen molar-refractivity contribution in [2.75, 3.05) is 0 Å². The highest BCUT2D eigenvalue weighted by atomic mass is 35.5. The molecule has 6 heteroatoms. The van der Waals surface area contributed by atoms with Crippen LogP contribution in [0.3, 0.4) is 0 Å². The zero-order valence-electron chi connectivity index (χ0n) is 16.9. The number of fused-ring (bicyclic) bond motifs is 1. The summed E-state index contributed by atoms with van der Waals surface area (Å²) in [6, 6.07) is 12.5. The quantitative estimate of drug-likeness (QED) is 0.631. The number of hydrogen-bond acceptors (Lipinski definition) is 5. The highest BCUT2D eigenvalue weighted by Crippen LogP contribution is 2.36. The van der Waals surface area contributed by atoms with Gasteiger partial charge in [-0.2, -0.15) is 0 Å². The van der Waals surface area contributed by atoms with E-state index in [-0.39, 0.29) is 35.6 Å². The maximum atomic E-state index is 12.9. The second-order valence-electron chi connectivity index (χ2n) is 7.81. The van der Waals surface area contributed by atoms with Crippen molar-refractivity contribution in [1.82, 2.24) is 0 Å². The Hall–Kier alpha value is -2.79. The van der Waals surface area contributed by atoms with Gasteiger partial charge in [0.15, 0.2) is 0 Å². The lowest BCUT2D eigenvalue weighted by Gasteiger charge is -2.36. The highest BCUT2D eigenvalue weighted by molar-refractivity contribution is 6.32. The van der Waals surface area contributed by atoms with Gasteiger partial charge < -0.3 is 14.2 Å². The molecule has 2 aromatic rings. The van der Waals surface area contributed by atoms with Gasteiger partial charge in [-0.15, -0.1) is 0 Å². The molecule has 0 spiro atoms. The second kappa shape index (κ2) is 8.52. The molecule has 0 aromatic heterocycles. The van der Waals surface area contributed by atoms with Gasteiger partial charge >= 0.3 is 5.97 Å². The lowest BCUT2D eigenvalue weighted by Crippen LogP contribution is -2.43. The second-order valence-corrected chi connectivity index (χ2v) is 8.18. The number of esters is 1. The third-order valence-corrected chi connectivity index (χ3v) is 6.19. The van der Waals surface area contributed by atoms with Gasteiger partial charge in [0.1, 0.15) is 24.2 Å². The summed E-state index contributed by atoms with van der Waals surface area (Å²) in [6.45, 7) is 3.79. The van der Waals surface area contributed by atoms with E-state index in [1.165, 1.54) is 6.26 Å².